The quantitative estimate of drug-likeness (QED) is 0.876. The highest BCUT2D eigenvalue weighted by Gasteiger charge is 2.25. The van der Waals surface area contributed by atoms with Crippen molar-refractivity contribution in [3.8, 4) is 0 Å². The Morgan fingerprint density at radius 3 is 2.62 bits per heavy atom. The summed E-state index contributed by atoms with van der Waals surface area (Å²) in [6.07, 6.45) is 3.44. The summed E-state index contributed by atoms with van der Waals surface area (Å²) in [5.74, 6) is 0.179. The second kappa shape index (κ2) is 7.38. The van der Waals surface area contributed by atoms with Crippen LogP contribution in [0.1, 0.15) is 37.7 Å². The number of sulfonamides is 1. The van der Waals surface area contributed by atoms with Crippen LogP contribution in [-0.4, -0.2) is 44.7 Å². The molecule has 1 fully saturated rings. The van der Waals surface area contributed by atoms with Gasteiger partial charge >= 0.3 is 0 Å². The summed E-state index contributed by atoms with van der Waals surface area (Å²) in [5, 5.41) is 3.40. The lowest BCUT2D eigenvalue weighted by Crippen LogP contribution is -2.45. The van der Waals surface area contributed by atoms with Crippen molar-refractivity contribution in [3.05, 3.63) is 35.9 Å². The molecule has 21 heavy (non-hydrogen) atoms. The highest BCUT2D eigenvalue weighted by atomic mass is 32.2. The maximum absolute atomic E-state index is 12.5. The normalized spacial score (nSPS) is 21.4. The van der Waals surface area contributed by atoms with Crippen LogP contribution < -0.4 is 5.32 Å². The van der Waals surface area contributed by atoms with Crippen LogP contribution in [0.5, 0.6) is 0 Å². The Bertz CT molecular complexity index is 524. The van der Waals surface area contributed by atoms with Crippen molar-refractivity contribution < 1.29 is 8.42 Å². The van der Waals surface area contributed by atoms with Crippen LogP contribution in [0.2, 0.25) is 0 Å². The molecule has 118 valence electrons. The Morgan fingerprint density at radius 2 is 2.00 bits per heavy atom. The molecule has 1 aliphatic rings. The van der Waals surface area contributed by atoms with Gasteiger partial charge in [0.1, 0.15) is 0 Å². The number of benzene rings is 1. The highest BCUT2D eigenvalue weighted by molar-refractivity contribution is 7.89. The van der Waals surface area contributed by atoms with Gasteiger partial charge < -0.3 is 5.32 Å². The van der Waals surface area contributed by atoms with E-state index < -0.39 is 10.0 Å². The zero-order chi connectivity index (χ0) is 15.3. The Hall–Kier alpha value is -0.910. The van der Waals surface area contributed by atoms with Crippen molar-refractivity contribution in [1.29, 1.82) is 0 Å². The smallest absolute Gasteiger partial charge is 0.214 e. The van der Waals surface area contributed by atoms with E-state index in [0.29, 0.717) is 12.6 Å². The average molecular weight is 310 g/mol. The van der Waals surface area contributed by atoms with Crippen LogP contribution >= 0.6 is 0 Å². The van der Waals surface area contributed by atoms with E-state index in [9.17, 15) is 8.42 Å². The van der Waals surface area contributed by atoms with Gasteiger partial charge in [-0.3, -0.25) is 0 Å². The Labute approximate surface area is 128 Å². The zero-order valence-corrected chi connectivity index (χ0v) is 13.8. The molecule has 2 atom stereocenters. The lowest BCUT2D eigenvalue weighted by molar-refractivity contribution is 0.337. The first-order chi connectivity index (χ1) is 9.99. The number of piperidine rings is 1. The lowest BCUT2D eigenvalue weighted by atomic mass is 10.0. The van der Waals surface area contributed by atoms with E-state index in [1.807, 2.05) is 37.3 Å². The molecule has 0 saturated carbocycles. The SMILES string of the molecule is CC(CS(=O)(=O)N(C)CC1CCCCN1)c1ccccc1. The van der Waals surface area contributed by atoms with Crippen molar-refractivity contribution in [1.82, 2.24) is 9.62 Å². The summed E-state index contributed by atoms with van der Waals surface area (Å²) in [6.45, 7) is 3.54. The van der Waals surface area contributed by atoms with Gasteiger partial charge in [0.2, 0.25) is 10.0 Å². The molecule has 1 N–H and O–H groups in total. The molecule has 1 aliphatic heterocycles. The van der Waals surface area contributed by atoms with E-state index in [2.05, 4.69) is 5.32 Å². The predicted octanol–water partition coefficient (Wildman–Crippen LogP) is 2.19. The van der Waals surface area contributed by atoms with E-state index in [1.54, 1.807) is 7.05 Å². The van der Waals surface area contributed by atoms with Crippen LogP contribution in [0.15, 0.2) is 30.3 Å². The van der Waals surface area contributed by atoms with Gasteiger partial charge in [0.05, 0.1) is 5.75 Å². The number of nitrogens with one attached hydrogen (secondary N) is 1. The average Bonchev–Trinajstić information content (AvgIpc) is 2.48. The number of likely N-dealkylation sites (N-methyl/N-ethyl adjacent to an activating group) is 1. The molecule has 1 aromatic carbocycles. The van der Waals surface area contributed by atoms with Crippen LogP contribution in [0.3, 0.4) is 0 Å². The molecule has 1 aromatic rings. The molecular weight excluding hydrogens is 284 g/mol. The van der Waals surface area contributed by atoms with Gasteiger partial charge in [-0.25, -0.2) is 12.7 Å². The lowest BCUT2D eigenvalue weighted by Gasteiger charge is -2.28. The molecule has 2 unspecified atom stereocenters. The molecular formula is C16H26N2O2S. The monoisotopic (exact) mass is 310 g/mol. The third-order valence-electron chi connectivity index (χ3n) is 4.19. The Morgan fingerprint density at radius 1 is 1.29 bits per heavy atom. The third kappa shape index (κ3) is 4.80. The summed E-state index contributed by atoms with van der Waals surface area (Å²) < 4.78 is 26.5. The van der Waals surface area contributed by atoms with E-state index >= 15 is 0 Å². The first-order valence-corrected chi connectivity index (χ1v) is 9.32. The third-order valence-corrected chi connectivity index (χ3v) is 6.21. The first kappa shape index (κ1) is 16.5. The second-order valence-corrected chi connectivity index (χ2v) is 8.14. The fraction of sp³-hybridized carbons (Fsp3) is 0.625. The van der Waals surface area contributed by atoms with Gasteiger partial charge in [0, 0.05) is 19.6 Å². The first-order valence-electron chi connectivity index (χ1n) is 7.71. The van der Waals surface area contributed by atoms with E-state index in [-0.39, 0.29) is 11.7 Å². The summed E-state index contributed by atoms with van der Waals surface area (Å²) in [7, 11) is -1.52. The Balaban J connectivity index is 1.93. The maximum Gasteiger partial charge on any atom is 0.214 e. The minimum absolute atomic E-state index is 0.0120. The molecule has 4 nitrogen and oxygen atoms in total. The van der Waals surface area contributed by atoms with Crippen LogP contribution in [-0.2, 0) is 10.0 Å². The van der Waals surface area contributed by atoms with E-state index in [4.69, 9.17) is 0 Å². The van der Waals surface area contributed by atoms with Crippen LogP contribution in [0.4, 0.5) is 0 Å². The summed E-state index contributed by atoms with van der Waals surface area (Å²) >= 11 is 0. The molecule has 0 amide bonds. The molecule has 0 aliphatic carbocycles. The standard InChI is InChI=1S/C16H26N2O2S/c1-14(15-8-4-3-5-9-15)13-21(19,20)18(2)12-16-10-6-7-11-17-16/h3-5,8-9,14,16-17H,6-7,10-13H2,1-2H3. The van der Waals surface area contributed by atoms with E-state index in [1.165, 1.54) is 17.1 Å². The fourth-order valence-electron chi connectivity index (χ4n) is 2.82. The maximum atomic E-state index is 12.5. The summed E-state index contributed by atoms with van der Waals surface area (Å²) in [6, 6.07) is 10.1. The molecule has 0 bridgehead atoms. The topological polar surface area (TPSA) is 49.4 Å². The second-order valence-electron chi connectivity index (χ2n) is 6.02. The van der Waals surface area contributed by atoms with Crippen molar-refractivity contribution >= 4 is 10.0 Å². The van der Waals surface area contributed by atoms with Crippen LogP contribution in [0.25, 0.3) is 0 Å². The minimum atomic E-state index is -3.21. The largest absolute Gasteiger partial charge is 0.313 e. The van der Waals surface area contributed by atoms with Crippen molar-refractivity contribution in [2.24, 2.45) is 0 Å². The van der Waals surface area contributed by atoms with Gasteiger partial charge in [0.25, 0.3) is 0 Å². The van der Waals surface area contributed by atoms with Crippen molar-refractivity contribution in [2.45, 2.75) is 38.1 Å². The summed E-state index contributed by atoms with van der Waals surface area (Å²) in [4.78, 5) is 0. The van der Waals surface area contributed by atoms with Gasteiger partial charge in [-0.05, 0) is 30.9 Å². The Kier molecular flexibility index (Phi) is 5.79. The van der Waals surface area contributed by atoms with Gasteiger partial charge in [-0.15, -0.1) is 0 Å². The molecule has 5 heteroatoms. The molecule has 0 spiro atoms. The number of rotatable bonds is 6. The summed E-state index contributed by atoms with van der Waals surface area (Å²) in [5.41, 5.74) is 1.07. The number of hydrogen-bond acceptors (Lipinski definition) is 3. The van der Waals surface area contributed by atoms with Gasteiger partial charge in [-0.1, -0.05) is 43.7 Å². The molecule has 0 aromatic heterocycles. The molecule has 0 radical (unpaired) electrons. The number of hydrogen-bond donors (Lipinski definition) is 1. The van der Waals surface area contributed by atoms with Crippen molar-refractivity contribution in [2.75, 3.05) is 25.9 Å². The van der Waals surface area contributed by atoms with Gasteiger partial charge in [0.15, 0.2) is 0 Å². The molecule has 1 saturated heterocycles. The van der Waals surface area contributed by atoms with Gasteiger partial charge in [-0.2, -0.15) is 0 Å². The number of nitrogens with zero attached hydrogens (tertiary/aromatic N) is 1. The fourth-order valence-corrected chi connectivity index (χ4v) is 4.31. The molecule has 1 heterocycles. The van der Waals surface area contributed by atoms with E-state index in [0.717, 1.165) is 18.5 Å². The minimum Gasteiger partial charge on any atom is -0.313 e. The highest BCUT2D eigenvalue weighted by Crippen LogP contribution is 2.19. The van der Waals surface area contributed by atoms with Crippen molar-refractivity contribution in [3.63, 3.8) is 0 Å². The predicted molar refractivity (Wildman–Crippen MR) is 86.9 cm³/mol. The van der Waals surface area contributed by atoms with Crippen LogP contribution in [0, 0.1) is 0 Å². The zero-order valence-electron chi connectivity index (χ0n) is 13.0. The molecule has 2 rings (SSSR count).